The average molecular weight is 561 g/mol. The second-order valence-corrected chi connectivity index (χ2v) is 14.2. The molecular formula is C32H56N4O4. The maximum absolute atomic E-state index is 14.5. The van der Waals surface area contributed by atoms with Crippen LogP contribution < -0.4 is 16.4 Å². The Morgan fingerprint density at radius 1 is 0.825 bits per heavy atom. The molecule has 1 heterocycles. The van der Waals surface area contributed by atoms with Crippen molar-refractivity contribution >= 4 is 17.9 Å². The molecule has 8 heteroatoms. The highest BCUT2D eigenvalue weighted by molar-refractivity contribution is 5.92. The fourth-order valence-electron chi connectivity index (χ4n) is 7.96. The van der Waals surface area contributed by atoms with Gasteiger partial charge in [-0.05, 0) is 83.0 Å². The van der Waals surface area contributed by atoms with Gasteiger partial charge in [0.2, 0.25) is 11.8 Å². The van der Waals surface area contributed by atoms with Crippen LogP contribution in [0.4, 0.5) is 4.79 Å². The van der Waals surface area contributed by atoms with Gasteiger partial charge in [-0.15, -0.1) is 0 Å². The molecule has 4 fully saturated rings. The SMILES string of the molecule is CC(C)(C)OC(=O)N[C@H](C(=O)N1CCC[C@H]1C(=O)NCC1CCC(N)CC1)C(C1CCCCC1)C1CCCCC1. The molecular weight excluding hydrogens is 504 g/mol. The summed E-state index contributed by atoms with van der Waals surface area (Å²) >= 11 is 0. The van der Waals surface area contributed by atoms with Gasteiger partial charge in [0, 0.05) is 19.1 Å². The molecule has 3 saturated carbocycles. The van der Waals surface area contributed by atoms with Crippen molar-refractivity contribution in [2.45, 2.75) is 147 Å². The third-order valence-corrected chi connectivity index (χ3v) is 10.0. The fourth-order valence-corrected chi connectivity index (χ4v) is 7.96. The number of hydrogen-bond acceptors (Lipinski definition) is 5. The smallest absolute Gasteiger partial charge is 0.408 e. The first kappa shape index (κ1) is 31.1. The Labute approximate surface area is 242 Å². The van der Waals surface area contributed by atoms with Gasteiger partial charge in [-0.25, -0.2) is 4.79 Å². The van der Waals surface area contributed by atoms with Crippen molar-refractivity contribution in [3.05, 3.63) is 0 Å². The lowest BCUT2D eigenvalue weighted by Gasteiger charge is -2.43. The van der Waals surface area contributed by atoms with Crippen LogP contribution in [0.25, 0.3) is 0 Å². The van der Waals surface area contributed by atoms with Crippen molar-refractivity contribution in [1.29, 1.82) is 0 Å². The van der Waals surface area contributed by atoms with Crippen molar-refractivity contribution in [2.24, 2.45) is 29.4 Å². The van der Waals surface area contributed by atoms with E-state index in [9.17, 15) is 14.4 Å². The third-order valence-electron chi connectivity index (χ3n) is 10.0. The number of nitrogens with one attached hydrogen (secondary N) is 2. The molecule has 0 aromatic heterocycles. The number of rotatable bonds is 8. The number of likely N-dealkylation sites (tertiary alicyclic amines) is 1. The zero-order chi connectivity index (χ0) is 28.7. The Morgan fingerprint density at radius 3 is 1.95 bits per heavy atom. The van der Waals surface area contributed by atoms with Gasteiger partial charge in [0.1, 0.15) is 17.7 Å². The van der Waals surface area contributed by atoms with E-state index < -0.39 is 23.8 Å². The standard InChI is InChI=1S/C32H56N4O4/c1-32(2,3)40-31(39)35-28(27(23-11-6-4-7-12-23)24-13-8-5-9-14-24)30(38)36-20-10-15-26(36)29(37)34-21-22-16-18-25(33)19-17-22/h22-28H,4-21,33H2,1-3H3,(H,34,37)(H,35,39)/t22?,25?,26-,28-/m0/s1. The van der Waals surface area contributed by atoms with E-state index in [1.807, 2.05) is 20.8 Å². The highest BCUT2D eigenvalue weighted by Crippen LogP contribution is 2.42. The Morgan fingerprint density at radius 2 is 1.40 bits per heavy atom. The molecule has 3 aliphatic carbocycles. The minimum absolute atomic E-state index is 0.0522. The summed E-state index contributed by atoms with van der Waals surface area (Å²) in [5.41, 5.74) is 5.41. The van der Waals surface area contributed by atoms with E-state index in [1.54, 1.807) is 4.90 Å². The lowest BCUT2D eigenvalue weighted by atomic mass is 9.66. The summed E-state index contributed by atoms with van der Waals surface area (Å²) < 4.78 is 5.68. The number of alkyl carbamates (subject to hydrolysis) is 1. The van der Waals surface area contributed by atoms with Crippen molar-refractivity contribution < 1.29 is 19.1 Å². The summed E-state index contributed by atoms with van der Waals surface area (Å²) in [5.74, 6) is 1.22. The van der Waals surface area contributed by atoms with Crippen molar-refractivity contribution in [2.75, 3.05) is 13.1 Å². The molecule has 0 aromatic rings. The van der Waals surface area contributed by atoms with Gasteiger partial charge >= 0.3 is 6.09 Å². The minimum Gasteiger partial charge on any atom is -0.444 e. The highest BCUT2D eigenvalue weighted by atomic mass is 16.6. The first-order valence-corrected chi connectivity index (χ1v) is 16.5. The van der Waals surface area contributed by atoms with Crippen LogP contribution in [0.2, 0.25) is 0 Å². The van der Waals surface area contributed by atoms with Crippen LogP contribution in [0.15, 0.2) is 0 Å². The number of ether oxygens (including phenoxy) is 1. The number of nitrogens with zero attached hydrogens (tertiary/aromatic N) is 1. The molecule has 228 valence electrons. The monoisotopic (exact) mass is 560 g/mol. The topological polar surface area (TPSA) is 114 Å². The normalized spacial score (nSPS) is 27.8. The summed E-state index contributed by atoms with van der Waals surface area (Å²) in [6, 6.07) is -0.848. The van der Waals surface area contributed by atoms with Gasteiger partial charge in [-0.2, -0.15) is 0 Å². The second-order valence-electron chi connectivity index (χ2n) is 14.2. The number of carbonyl (C=O) groups is 3. The van der Waals surface area contributed by atoms with Crippen molar-refractivity contribution in [1.82, 2.24) is 15.5 Å². The zero-order valence-corrected chi connectivity index (χ0v) is 25.4. The first-order chi connectivity index (χ1) is 19.1. The van der Waals surface area contributed by atoms with Gasteiger partial charge in [-0.3, -0.25) is 9.59 Å². The van der Waals surface area contributed by atoms with E-state index in [-0.39, 0.29) is 23.8 Å². The van der Waals surface area contributed by atoms with E-state index in [2.05, 4.69) is 10.6 Å². The van der Waals surface area contributed by atoms with Crippen LogP contribution in [0, 0.1) is 23.7 Å². The summed E-state index contributed by atoms with van der Waals surface area (Å²) in [6.45, 7) is 6.76. The predicted molar refractivity (Wildman–Crippen MR) is 157 cm³/mol. The Bertz CT molecular complexity index is 820. The van der Waals surface area contributed by atoms with Crippen LogP contribution >= 0.6 is 0 Å². The molecule has 8 nitrogen and oxygen atoms in total. The number of hydrogen-bond donors (Lipinski definition) is 3. The molecule has 4 aliphatic rings. The summed E-state index contributed by atoms with van der Waals surface area (Å²) in [7, 11) is 0. The van der Waals surface area contributed by atoms with E-state index in [0.717, 1.165) is 57.8 Å². The van der Waals surface area contributed by atoms with Crippen LogP contribution in [0.1, 0.15) is 124 Å². The number of carbonyl (C=O) groups excluding carboxylic acids is 3. The number of amides is 3. The van der Waals surface area contributed by atoms with Crippen LogP contribution in [-0.4, -0.2) is 59.6 Å². The summed E-state index contributed by atoms with van der Waals surface area (Å²) in [4.78, 5) is 42.9. The molecule has 3 amide bonds. The third kappa shape index (κ3) is 8.59. The lowest BCUT2D eigenvalue weighted by Crippen LogP contribution is -2.59. The first-order valence-electron chi connectivity index (χ1n) is 16.5. The minimum atomic E-state index is -0.658. The molecule has 4 N–H and O–H groups in total. The molecule has 2 atom stereocenters. The Kier molecular flexibility index (Phi) is 11.2. The van der Waals surface area contributed by atoms with Crippen LogP contribution in [0.3, 0.4) is 0 Å². The Balaban J connectivity index is 1.52. The average Bonchev–Trinajstić information content (AvgIpc) is 3.42. The maximum atomic E-state index is 14.5. The number of nitrogens with two attached hydrogens (primary N) is 1. The maximum Gasteiger partial charge on any atom is 0.408 e. The molecule has 0 radical (unpaired) electrons. The van der Waals surface area contributed by atoms with Crippen molar-refractivity contribution in [3.8, 4) is 0 Å². The van der Waals surface area contributed by atoms with Crippen LogP contribution in [0.5, 0.6) is 0 Å². The van der Waals surface area contributed by atoms with Gasteiger partial charge in [0.25, 0.3) is 0 Å². The quantitative estimate of drug-likeness (QED) is 0.374. The van der Waals surface area contributed by atoms with E-state index in [1.165, 1.54) is 38.5 Å². The zero-order valence-electron chi connectivity index (χ0n) is 25.4. The molecule has 0 unspecified atom stereocenters. The Hall–Kier alpha value is -1.83. The summed E-state index contributed by atoms with van der Waals surface area (Å²) in [6.07, 6.45) is 16.7. The predicted octanol–water partition coefficient (Wildman–Crippen LogP) is 5.28. The lowest BCUT2D eigenvalue weighted by molar-refractivity contribution is -0.142. The van der Waals surface area contributed by atoms with Crippen LogP contribution in [-0.2, 0) is 14.3 Å². The molecule has 4 rings (SSSR count). The molecule has 1 aliphatic heterocycles. The highest BCUT2D eigenvalue weighted by Gasteiger charge is 2.46. The van der Waals surface area contributed by atoms with Gasteiger partial charge < -0.3 is 26.0 Å². The van der Waals surface area contributed by atoms with Crippen molar-refractivity contribution in [3.63, 3.8) is 0 Å². The van der Waals surface area contributed by atoms with Gasteiger partial charge in [0.15, 0.2) is 0 Å². The molecule has 0 aromatic carbocycles. The van der Waals surface area contributed by atoms with Gasteiger partial charge in [0.05, 0.1) is 0 Å². The second kappa shape index (κ2) is 14.4. The molecule has 0 bridgehead atoms. The van der Waals surface area contributed by atoms with Gasteiger partial charge in [-0.1, -0.05) is 64.2 Å². The fraction of sp³-hybridized carbons (Fsp3) is 0.906. The van der Waals surface area contributed by atoms with E-state index in [4.69, 9.17) is 10.5 Å². The largest absolute Gasteiger partial charge is 0.444 e. The molecule has 0 spiro atoms. The molecule has 40 heavy (non-hydrogen) atoms. The van der Waals surface area contributed by atoms with E-state index >= 15 is 0 Å². The molecule has 1 saturated heterocycles. The summed E-state index contributed by atoms with van der Waals surface area (Å²) in [5, 5.41) is 6.27. The van der Waals surface area contributed by atoms with E-state index in [0.29, 0.717) is 37.3 Å².